The SMILES string of the molecule is CSC1(CNc2cc(NN)ncn2)CCCC1. The molecule has 5 nitrogen and oxygen atoms in total. The maximum absolute atomic E-state index is 5.32. The Bertz CT molecular complexity index is 365. The van der Waals surface area contributed by atoms with Gasteiger partial charge in [-0.2, -0.15) is 11.8 Å². The number of nitrogens with two attached hydrogens (primary N) is 1. The number of anilines is 2. The molecule has 0 spiro atoms. The fourth-order valence-electron chi connectivity index (χ4n) is 2.26. The Hall–Kier alpha value is -1.01. The third-order valence-corrected chi connectivity index (χ3v) is 4.77. The van der Waals surface area contributed by atoms with Gasteiger partial charge in [0.05, 0.1) is 0 Å². The molecule has 0 saturated heterocycles. The van der Waals surface area contributed by atoms with Crippen molar-refractivity contribution < 1.29 is 0 Å². The molecule has 1 aliphatic carbocycles. The van der Waals surface area contributed by atoms with Gasteiger partial charge in [0.25, 0.3) is 0 Å². The maximum atomic E-state index is 5.32. The predicted molar refractivity (Wildman–Crippen MR) is 73.0 cm³/mol. The molecular weight excluding hydrogens is 234 g/mol. The zero-order chi connectivity index (χ0) is 12.1. The number of aromatic nitrogens is 2. The molecule has 1 heterocycles. The molecule has 1 aromatic rings. The zero-order valence-electron chi connectivity index (χ0n) is 10.1. The van der Waals surface area contributed by atoms with Gasteiger partial charge in [-0.25, -0.2) is 15.8 Å². The Morgan fingerprint density at radius 3 is 2.71 bits per heavy atom. The molecule has 0 amide bonds. The number of nitrogens with one attached hydrogen (secondary N) is 2. The molecule has 2 rings (SSSR count). The summed E-state index contributed by atoms with van der Waals surface area (Å²) >= 11 is 1.96. The molecule has 1 saturated carbocycles. The molecule has 1 aromatic heterocycles. The summed E-state index contributed by atoms with van der Waals surface area (Å²) in [6.07, 6.45) is 8.95. The van der Waals surface area contributed by atoms with Crippen LogP contribution in [0.5, 0.6) is 0 Å². The summed E-state index contributed by atoms with van der Waals surface area (Å²) in [6.45, 7) is 0.954. The van der Waals surface area contributed by atoms with E-state index in [9.17, 15) is 0 Å². The van der Waals surface area contributed by atoms with Crippen LogP contribution in [0, 0.1) is 0 Å². The van der Waals surface area contributed by atoms with Gasteiger partial charge in [0, 0.05) is 17.4 Å². The molecule has 1 aliphatic rings. The first-order chi connectivity index (χ1) is 8.28. The number of hydrazine groups is 1. The molecule has 0 unspecified atom stereocenters. The second kappa shape index (κ2) is 5.55. The minimum Gasteiger partial charge on any atom is -0.369 e. The highest BCUT2D eigenvalue weighted by Gasteiger charge is 2.32. The molecule has 94 valence electrons. The molecule has 0 atom stereocenters. The lowest BCUT2D eigenvalue weighted by Gasteiger charge is -2.27. The van der Waals surface area contributed by atoms with Gasteiger partial charge in [-0.05, 0) is 19.1 Å². The van der Waals surface area contributed by atoms with Gasteiger partial charge in [-0.15, -0.1) is 0 Å². The summed E-state index contributed by atoms with van der Waals surface area (Å²) in [5.41, 5.74) is 2.52. The van der Waals surface area contributed by atoms with E-state index in [1.807, 2.05) is 17.8 Å². The second-order valence-electron chi connectivity index (χ2n) is 4.38. The minimum absolute atomic E-state index is 0.376. The predicted octanol–water partition coefficient (Wildman–Crippen LogP) is 1.85. The van der Waals surface area contributed by atoms with Crippen molar-refractivity contribution in [2.45, 2.75) is 30.4 Å². The lowest BCUT2D eigenvalue weighted by atomic mass is 10.1. The van der Waals surface area contributed by atoms with E-state index in [2.05, 4.69) is 27.0 Å². The summed E-state index contributed by atoms with van der Waals surface area (Å²) in [7, 11) is 0. The van der Waals surface area contributed by atoms with Crippen molar-refractivity contribution in [3.05, 3.63) is 12.4 Å². The number of hydrogen-bond acceptors (Lipinski definition) is 6. The third-order valence-electron chi connectivity index (χ3n) is 3.35. The van der Waals surface area contributed by atoms with Crippen molar-refractivity contribution in [1.82, 2.24) is 9.97 Å². The van der Waals surface area contributed by atoms with Crippen LogP contribution in [-0.4, -0.2) is 27.5 Å². The zero-order valence-corrected chi connectivity index (χ0v) is 10.9. The van der Waals surface area contributed by atoms with Crippen LogP contribution in [0.25, 0.3) is 0 Å². The van der Waals surface area contributed by atoms with Crippen LogP contribution in [0.4, 0.5) is 11.6 Å². The normalized spacial score (nSPS) is 18.0. The number of nitrogens with zero attached hydrogens (tertiary/aromatic N) is 2. The highest BCUT2D eigenvalue weighted by Crippen LogP contribution is 2.40. The van der Waals surface area contributed by atoms with Crippen LogP contribution < -0.4 is 16.6 Å². The van der Waals surface area contributed by atoms with E-state index in [-0.39, 0.29) is 0 Å². The topological polar surface area (TPSA) is 75.9 Å². The van der Waals surface area contributed by atoms with Gasteiger partial charge in [0.2, 0.25) is 0 Å². The smallest absolute Gasteiger partial charge is 0.145 e. The number of rotatable bonds is 5. The minimum atomic E-state index is 0.376. The monoisotopic (exact) mass is 253 g/mol. The molecule has 0 bridgehead atoms. The van der Waals surface area contributed by atoms with Gasteiger partial charge in [0.15, 0.2) is 0 Å². The average molecular weight is 253 g/mol. The molecule has 4 N–H and O–H groups in total. The van der Waals surface area contributed by atoms with E-state index < -0.39 is 0 Å². The van der Waals surface area contributed by atoms with E-state index >= 15 is 0 Å². The maximum Gasteiger partial charge on any atom is 0.145 e. The highest BCUT2D eigenvalue weighted by atomic mass is 32.2. The lowest BCUT2D eigenvalue weighted by Crippen LogP contribution is -2.30. The second-order valence-corrected chi connectivity index (χ2v) is 5.65. The number of hydrogen-bond donors (Lipinski definition) is 3. The molecule has 0 aliphatic heterocycles. The van der Waals surface area contributed by atoms with Gasteiger partial charge >= 0.3 is 0 Å². The summed E-state index contributed by atoms with van der Waals surface area (Å²) < 4.78 is 0.376. The van der Waals surface area contributed by atoms with E-state index in [4.69, 9.17) is 5.84 Å². The average Bonchev–Trinajstić information content (AvgIpc) is 2.86. The Morgan fingerprint density at radius 1 is 1.35 bits per heavy atom. The van der Waals surface area contributed by atoms with Gasteiger partial charge in [-0.3, -0.25) is 0 Å². The molecule has 1 fully saturated rings. The molecular formula is C11H19N5S. The summed E-state index contributed by atoms with van der Waals surface area (Å²) in [4.78, 5) is 8.17. The number of nitrogen functional groups attached to an aromatic ring is 1. The van der Waals surface area contributed by atoms with Crippen molar-refractivity contribution >= 4 is 23.4 Å². The first-order valence-corrected chi connectivity index (χ1v) is 7.08. The van der Waals surface area contributed by atoms with Gasteiger partial charge in [-0.1, -0.05) is 12.8 Å². The Labute approximate surface area is 106 Å². The molecule has 0 aromatic carbocycles. The summed E-state index contributed by atoms with van der Waals surface area (Å²) in [6, 6.07) is 1.82. The van der Waals surface area contributed by atoms with E-state index in [1.54, 1.807) is 0 Å². The van der Waals surface area contributed by atoms with Crippen molar-refractivity contribution in [2.75, 3.05) is 23.5 Å². The van der Waals surface area contributed by atoms with E-state index in [0.717, 1.165) is 12.4 Å². The van der Waals surface area contributed by atoms with Gasteiger partial charge < -0.3 is 10.7 Å². The molecule has 6 heteroatoms. The van der Waals surface area contributed by atoms with Crippen LogP contribution in [0.2, 0.25) is 0 Å². The Balaban J connectivity index is 1.96. The van der Waals surface area contributed by atoms with Crippen LogP contribution in [-0.2, 0) is 0 Å². The highest BCUT2D eigenvalue weighted by molar-refractivity contribution is 8.00. The third kappa shape index (κ3) is 3.01. The van der Waals surface area contributed by atoms with E-state index in [0.29, 0.717) is 10.6 Å². The fourth-order valence-corrected chi connectivity index (χ4v) is 3.17. The van der Waals surface area contributed by atoms with Crippen LogP contribution in [0.15, 0.2) is 12.4 Å². The molecule has 17 heavy (non-hydrogen) atoms. The Morgan fingerprint density at radius 2 is 2.06 bits per heavy atom. The largest absolute Gasteiger partial charge is 0.369 e. The molecule has 0 radical (unpaired) electrons. The fraction of sp³-hybridized carbons (Fsp3) is 0.636. The van der Waals surface area contributed by atoms with Crippen molar-refractivity contribution in [1.29, 1.82) is 0 Å². The summed E-state index contributed by atoms with van der Waals surface area (Å²) in [5, 5.41) is 3.39. The van der Waals surface area contributed by atoms with Crippen molar-refractivity contribution in [2.24, 2.45) is 5.84 Å². The van der Waals surface area contributed by atoms with Crippen molar-refractivity contribution in [3.63, 3.8) is 0 Å². The summed E-state index contributed by atoms with van der Waals surface area (Å²) in [5.74, 6) is 6.78. The van der Waals surface area contributed by atoms with Gasteiger partial charge in [0.1, 0.15) is 18.0 Å². The van der Waals surface area contributed by atoms with Crippen LogP contribution in [0.3, 0.4) is 0 Å². The van der Waals surface area contributed by atoms with Crippen LogP contribution in [0.1, 0.15) is 25.7 Å². The number of thioether (sulfide) groups is 1. The quantitative estimate of drug-likeness (QED) is 0.549. The van der Waals surface area contributed by atoms with Crippen molar-refractivity contribution in [3.8, 4) is 0 Å². The van der Waals surface area contributed by atoms with Crippen LogP contribution >= 0.6 is 11.8 Å². The first kappa shape index (κ1) is 12.4. The standard InChI is InChI=1S/C11H19N5S/c1-17-11(4-2-3-5-11)7-13-9-6-10(16-12)15-8-14-9/h6,8H,2-5,7,12H2,1H3,(H2,13,14,15,16). The Kier molecular flexibility index (Phi) is 4.06. The van der Waals surface area contributed by atoms with E-state index in [1.165, 1.54) is 32.0 Å². The lowest BCUT2D eigenvalue weighted by molar-refractivity contribution is 0.638. The first-order valence-electron chi connectivity index (χ1n) is 5.86.